The number of carbonyl (C=O) groups is 2. The molecule has 0 radical (unpaired) electrons. The lowest BCUT2D eigenvalue weighted by Gasteiger charge is -2.16. The quantitative estimate of drug-likeness (QED) is 0.779. The molecule has 0 aromatic heterocycles. The van der Waals surface area contributed by atoms with Crippen LogP contribution in [-0.2, 0) is 9.59 Å². The Bertz CT molecular complexity index is 997. The first-order chi connectivity index (χ1) is 13.9. The van der Waals surface area contributed by atoms with E-state index in [4.69, 9.17) is 4.99 Å². The molecule has 2 aromatic rings. The highest BCUT2D eigenvalue weighted by atomic mass is 32.2. The SMILES string of the molecule is Cc1ccccc1NC(=O)C[C@@H]1SC(=Nc2cccc(C)c2C)N(C2CC2)C1=O. The van der Waals surface area contributed by atoms with Gasteiger partial charge in [0.2, 0.25) is 11.8 Å². The van der Waals surface area contributed by atoms with Gasteiger partial charge in [0.1, 0.15) is 5.25 Å². The number of hydrogen-bond donors (Lipinski definition) is 1. The van der Waals surface area contributed by atoms with Gasteiger partial charge in [0.15, 0.2) is 5.17 Å². The summed E-state index contributed by atoms with van der Waals surface area (Å²) < 4.78 is 0. The Balaban J connectivity index is 1.53. The highest BCUT2D eigenvalue weighted by Crippen LogP contribution is 2.40. The number of amides is 2. The number of aliphatic imine (C=N–C) groups is 1. The first kappa shape index (κ1) is 19.7. The van der Waals surface area contributed by atoms with E-state index in [9.17, 15) is 9.59 Å². The van der Waals surface area contributed by atoms with Crippen molar-refractivity contribution in [3.05, 3.63) is 59.2 Å². The standard InChI is InChI=1S/C23H25N3O2S/c1-14-8-6-10-19(16(14)3)25-23-26(17-11-12-17)22(28)20(29-23)13-21(27)24-18-9-5-4-7-15(18)2/h4-10,17,20H,11-13H2,1-3H3,(H,24,27)/t20-/m0/s1. The second kappa shape index (κ2) is 8.03. The zero-order valence-corrected chi connectivity index (χ0v) is 17.8. The van der Waals surface area contributed by atoms with Gasteiger partial charge < -0.3 is 5.32 Å². The third-order valence-electron chi connectivity index (χ3n) is 5.46. The highest BCUT2D eigenvalue weighted by Gasteiger charge is 2.46. The number of carbonyl (C=O) groups excluding carboxylic acids is 2. The Labute approximate surface area is 175 Å². The highest BCUT2D eigenvalue weighted by molar-refractivity contribution is 8.15. The minimum absolute atomic E-state index is 0.00138. The first-order valence-corrected chi connectivity index (χ1v) is 10.8. The lowest BCUT2D eigenvalue weighted by atomic mass is 10.1. The van der Waals surface area contributed by atoms with Gasteiger partial charge in [-0.2, -0.15) is 0 Å². The van der Waals surface area contributed by atoms with Gasteiger partial charge in [0.25, 0.3) is 0 Å². The molecule has 0 bridgehead atoms. The Morgan fingerprint density at radius 2 is 1.83 bits per heavy atom. The molecule has 2 aromatic carbocycles. The molecule has 5 nitrogen and oxygen atoms in total. The van der Waals surface area contributed by atoms with Crippen LogP contribution in [0, 0.1) is 20.8 Å². The molecule has 2 amide bonds. The molecule has 2 fully saturated rings. The molecule has 150 valence electrons. The number of benzene rings is 2. The van der Waals surface area contributed by atoms with E-state index in [1.54, 1.807) is 0 Å². The summed E-state index contributed by atoms with van der Waals surface area (Å²) in [6.07, 6.45) is 2.15. The molecular weight excluding hydrogens is 382 g/mol. The van der Waals surface area contributed by atoms with Crippen molar-refractivity contribution in [3.63, 3.8) is 0 Å². The van der Waals surface area contributed by atoms with Crippen LogP contribution in [0.3, 0.4) is 0 Å². The molecule has 1 saturated heterocycles. The number of nitrogens with one attached hydrogen (secondary N) is 1. The summed E-state index contributed by atoms with van der Waals surface area (Å²) in [7, 11) is 0. The Hall–Kier alpha value is -2.60. The van der Waals surface area contributed by atoms with E-state index in [-0.39, 0.29) is 24.3 Å². The van der Waals surface area contributed by atoms with E-state index in [1.807, 2.05) is 55.1 Å². The Morgan fingerprint density at radius 3 is 2.55 bits per heavy atom. The Morgan fingerprint density at radius 1 is 1.10 bits per heavy atom. The van der Waals surface area contributed by atoms with E-state index in [1.165, 1.54) is 17.3 Å². The van der Waals surface area contributed by atoms with Gasteiger partial charge in [-0.1, -0.05) is 42.1 Å². The summed E-state index contributed by atoms with van der Waals surface area (Å²) in [6, 6.07) is 13.9. The van der Waals surface area contributed by atoms with E-state index < -0.39 is 5.25 Å². The van der Waals surface area contributed by atoms with Gasteiger partial charge in [-0.3, -0.25) is 14.5 Å². The topological polar surface area (TPSA) is 61.8 Å². The van der Waals surface area contributed by atoms with E-state index in [0.717, 1.165) is 40.5 Å². The van der Waals surface area contributed by atoms with Crippen LogP contribution in [0.2, 0.25) is 0 Å². The van der Waals surface area contributed by atoms with Gasteiger partial charge in [-0.15, -0.1) is 0 Å². The van der Waals surface area contributed by atoms with Crippen molar-refractivity contribution in [2.75, 3.05) is 5.32 Å². The van der Waals surface area contributed by atoms with E-state index >= 15 is 0 Å². The fourth-order valence-electron chi connectivity index (χ4n) is 3.40. The van der Waals surface area contributed by atoms with Crippen LogP contribution < -0.4 is 5.32 Å². The van der Waals surface area contributed by atoms with E-state index in [0.29, 0.717) is 0 Å². The number of aryl methyl sites for hydroxylation is 2. The molecular formula is C23H25N3O2S. The molecule has 1 heterocycles. The summed E-state index contributed by atoms with van der Waals surface area (Å²) in [5, 5.41) is 3.23. The van der Waals surface area contributed by atoms with Crippen molar-refractivity contribution in [1.82, 2.24) is 4.90 Å². The lowest BCUT2D eigenvalue weighted by molar-refractivity contribution is -0.128. The predicted molar refractivity (Wildman–Crippen MR) is 119 cm³/mol. The van der Waals surface area contributed by atoms with Crippen molar-refractivity contribution in [2.45, 2.75) is 51.3 Å². The average Bonchev–Trinajstić information content (AvgIpc) is 3.47. The lowest BCUT2D eigenvalue weighted by Crippen LogP contribution is -2.35. The second-order valence-corrected chi connectivity index (χ2v) is 8.90. The summed E-state index contributed by atoms with van der Waals surface area (Å²) in [4.78, 5) is 32.3. The minimum atomic E-state index is -0.427. The molecule has 1 atom stereocenters. The first-order valence-electron chi connectivity index (χ1n) is 9.94. The van der Waals surface area contributed by atoms with Gasteiger partial charge in [-0.25, -0.2) is 4.99 Å². The monoisotopic (exact) mass is 407 g/mol. The summed E-state index contributed by atoms with van der Waals surface area (Å²) in [5.74, 6) is -0.143. The molecule has 0 unspecified atom stereocenters. The van der Waals surface area contributed by atoms with Crippen LogP contribution in [0.1, 0.15) is 36.0 Å². The molecule has 1 N–H and O–H groups in total. The van der Waals surface area contributed by atoms with Gasteiger partial charge in [0, 0.05) is 18.2 Å². The third kappa shape index (κ3) is 4.22. The molecule has 1 saturated carbocycles. The predicted octanol–water partition coefficient (Wildman–Crippen LogP) is 4.73. The minimum Gasteiger partial charge on any atom is -0.326 e. The van der Waals surface area contributed by atoms with Crippen molar-refractivity contribution < 1.29 is 9.59 Å². The number of nitrogens with zero attached hydrogens (tertiary/aromatic N) is 2. The Kier molecular flexibility index (Phi) is 5.46. The van der Waals surface area contributed by atoms with Crippen molar-refractivity contribution in [2.24, 2.45) is 4.99 Å². The van der Waals surface area contributed by atoms with Crippen LogP contribution in [-0.4, -0.2) is 33.2 Å². The van der Waals surface area contributed by atoms with E-state index in [2.05, 4.69) is 18.3 Å². The number of amidine groups is 1. The van der Waals surface area contributed by atoms with Crippen LogP contribution in [0.5, 0.6) is 0 Å². The maximum absolute atomic E-state index is 13.0. The number of rotatable bonds is 5. The van der Waals surface area contributed by atoms with Crippen LogP contribution in [0.15, 0.2) is 47.5 Å². The largest absolute Gasteiger partial charge is 0.326 e. The normalized spacial score (nSPS) is 20.4. The average molecular weight is 408 g/mol. The molecule has 6 heteroatoms. The van der Waals surface area contributed by atoms with Crippen molar-refractivity contribution in [3.8, 4) is 0 Å². The van der Waals surface area contributed by atoms with Crippen LogP contribution >= 0.6 is 11.8 Å². The number of thioether (sulfide) groups is 1. The smallest absolute Gasteiger partial charge is 0.242 e. The van der Waals surface area contributed by atoms with Gasteiger partial charge in [-0.05, 0) is 62.4 Å². The summed E-state index contributed by atoms with van der Waals surface area (Å²) >= 11 is 1.41. The van der Waals surface area contributed by atoms with Crippen molar-refractivity contribution in [1.29, 1.82) is 0 Å². The van der Waals surface area contributed by atoms with Crippen molar-refractivity contribution >= 4 is 40.1 Å². The van der Waals surface area contributed by atoms with Crippen LogP contribution in [0.25, 0.3) is 0 Å². The molecule has 4 rings (SSSR count). The number of hydrogen-bond acceptors (Lipinski definition) is 4. The molecule has 29 heavy (non-hydrogen) atoms. The summed E-state index contributed by atoms with van der Waals surface area (Å²) in [6.45, 7) is 6.06. The molecule has 1 aliphatic carbocycles. The molecule has 2 aliphatic rings. The zero-order valence-electron chi connectivity index (χ0n) is 16.9. The maximum atomic E-state index is 13.0. The number of anilines is 1. The maximum Gasteiger partial charge on any atom is 0.242 e. The van der Waals surface area contributed by atoms with Gasteiger partial charge in [0.05, 0.1) is 5.69 Å². The van der Waals surface area contributed by atoms with Gasteiger partial charge >= 0.3 is 0 Å². The molecule has 1 aliphatic heterocycles. The zero-order chi connectivity index (χ0) is 20.5. The second-order valence-electron chi connectivity index (χ2n) is 7.73. The van der Waals surface area contributed by atoms with Crippen LogP contribution in [0.4, 0.5) is 11.4 Å². The number of para-hydroxylation sites is 1. The fourth-order valence-corrected chi connectivity index (χ4v) is 4.61. The molecule has 0 spiro atoms. The summed E-state index contributed by atoms with van der Waals surface area (Å²) in [5.41, 5.74) is 4.97. The third-order valence-corrected chi connectivity index (χ3v) is 6.61. The fraction of sp³-hybridized carbons (Fsp3) is 0.348.